The van der Waals surface area contributed by atoms with Gasteiger partial charge in [0.1, 0.15) is 0 Å². The summed E-state index contributed by atoms with van der Waals surface area (Å²) < 4.78 is 0. The Morgan fingerprint density at radius 2 is 1.50 bits per heavy atom. The molecule has 0 saturated carbocycles. The molecule has 3 heterocycles. The Labute approximate surface area is 160 Å². The predicted molar refractivity (Wildman–Crippen MR) is 105 cm³/mol. The fourth-order valence-electron chi connectivity index (χ4n) is 4.64. The molecule has 2 aliphatic heterocycles. The summed E-state index contributed by atoms with van der Waals surface area (Å²) in [7, 11) is 0. The zero-order valence-electron chi connectivity index (χ0n) is 15.7. The lowest BCUT2D eigenvalue weighted by atomic mass is 9.87. The molecule has 0 unspecified atom stereocenters. The van der Waals surface area contributed by atoms with Gasteiger partial charge in [-0.25, -0.2) is 0 Å². The van der Waals surface area contributed by atoms with Crippen molar-refractivity contribution in [2.75, 3.05) is 26.2 Å². The van der Waals surface area contributed by atoms with Crippen LogP contribution >= 0.6 is 11.3 Å². The second-order valence-corrected chi connectivity index (χ2v) is 9.23. The highest BCUT2D eigenvalue weighted by atomic mass is 32.1. The van der Waals surface area contributed by atoms with E-state index < -0.39 is 0 Å². The molecule has 0 spiro atoms. The van der Waals surface area contributed by atoms with Crippen LogP contribution in [0.15, 0.2) is 6.07 Å². The van der Waals surface area contributed by atoms with Gasteiger partial charge in [-0.2, -0.15) is 0 Å². The van der Waals surface area contributed by atoms with Crippen LogP contribution in [-0.2, 0) is 17.6 Å². The first-order valence-corrected chi connectivity index (χ1v) is 11.2. The van der Waals surface area contributed by atoms with Gasteiger partial charge in [0.05, 0.1) is 4.88 Å². The van der Waals surface area contributed by atoms with E-state index in [-0.39, 0.29) is 11.8 Å². The topological polar surface area (TPSA) is 40.6 Å². The molecule has 0 radical (unpaired) electrons. The highest BCUT2D eigenvalue weighted by molar-refractivity contribution is 7.14. The van der Waals surface area contributed by atoms with Crippen molar-refractivity contribution in [3.05, 3.63) is 21.4 Å². The van der Waals surface area contributed by atoms with Crippen molar-refractivity contribution in [2.24, 2.45) is 5.92 Å². The van der Waals surface area contributed by atoms with Gasteiger partial charge in [-0.05, 0) is 63.0 Å². The maximum Gasteiger partial charge on any atom is 0.263 e. The fraction of sp³-hybridized carbons (Fsp3) is 0.714. The molecule has 1 atom stereocenters. The summed E-state index contributed by atoms with van der Waals surface area (Å²) in [5.41, 5.74) is 1.26. The van der Waals surface area contributed by atoms with E-state index in [9.17, 15) is 9.59 Å². The number of carbonyl (C=O) groups is 2. The Balaban J connectivity index is 1.43. The van der Waals surface area contributed by atoms with Crippen LogP contribution in [-0.4, -0.2) is 47.8 Å². The number of hydrogen-bond donors (Lipinski definition) is 0. The van der Waals surface area contributed by atoms with Crippen LogP contribution in [0.4, 0.5) is 0 Å². The van der Waals surface area contributed by atoms with E-state index in [1.165, 1.54) is 29.7 Å². The maximum absolute atomic E-state index is 12.9. The van der Waals surface area contributed by atoms with Crippen molar-refractivity contribution in [1.82, 2.24) is 9.80 Å². The quantitative estimate of drug-likeness (QED) is 0.788. The van der Waals surface area contributed by atoms with Crippen LogP contribution < -0.4 is 0 Å². The molecule has 2 amide bonds. The number of rotatable bonds is 2. The van der Waals surface area contributed by atoms with Gasteiger partial charge in [-0.15, -0.1) is 11.3 Å². The van der Waals surface area contributed by atoms with Gasteiger partial charge < -0.3 is 9.80 Å². The fourth-order valence-corrected chi connectivity index (χ4v) is 5.82. The standard InChI is InChI=1S/C21H30N2O2S/c24-20(22-10-6-3-7-11-22)16-8-9-18-17(14-16)15-19(26-18)21(25)23-12-4-1-2-5-13-23/h15-16H,1-14H2/t16-/m1/s1. The lowest BCUT2D eigenvalue weighted by Crippen LogP contribution is -2.41. The minimum Gasteiger partial charge on any atom is -0.342 e. The summed E-state index contributed by atoms with van der Waals surface area (Å²) in [6, 6.07) is 2.10. The van der Waals surface area contributed by atoms with Gasteiger partial charge in [-0.1, -0.05) is 12.8 Å². The number of nitrogens with zero attached hydrogens (tertiary/aromatic N) is 2. The minimum absolute atomic E-state index is 0.122. The van der Waals surface area contributed by atoms with Gasteiger partial charge in [0.2, 0.25) is 5.91 Å². The molecule has 0 N–H and O–H groups in total. The van der Waals surface area contributed by atoms with Crippen molar-refractivity contribution < 1.29 is 9.59 Å². The van der Waals surface area contributed by atoms with Gasteiger partial charge in [0, 0.05) is 37.0 Å². The highest BCUT2D eigenvalue weighted by Gasteiger charge is 2.31. The Bertz CT molecular complexity index is 655. The van der Waals surface area contributed by atoms with E-state index in [0.29, 0.717) is 5.91 Å². The van der Waals surface area contributed by atoms with Crippen LogP contribution in [0.1, 0.15) is 71.5 Å². The minimum atomic E-state index is 0.122. The van der Waals surface area contributed by atoms with Crippen LogP contribution in [0.25, 0.3) is 0 Å². The van der Waals surface area contributed by atoms with Crippen molar-refractivity contribution in [3.63, 3.8) is 0 Å². The van der Waals surface area contributed by atoms with E-state index in [0.717, 1.165) is 76.0 Å². The largest absolute Gasteiger partial charge is 0.342 e. The van der Waals surface area contributed by atoms with Gasteiger partial charge in [0.25, 0.3) is 5.91 Å². The van der Waals surface area contributed by atoms with Crippen LogP contribution in [0, 0.1) is 5.92 Å². The molecule has 3 aliphatic rings. The van der Waals surface area contributed by atoms with Gasteiger partial charge in [0.15, 0.2) is 0 Å². The molecule has 142 valence electrons. The molecular formula is C21H30N2O2S. The molecule has 4 rings (SSSR count). The molecule has 0 aromatic carbocycles. The van der Waals surface area contributed by atoms with Crippen molar-refractivity contribution >= 4 is 23.2 Å². The number of aryl methyl sites for hydroxylation is 1. The van der Waals surface area contributed by atoms with Crippen LogP contribution in [0.5, 0.6) is 0 Å². The van der Waals surface area contributed by atoms with Crippen molar-refractivity contribution in [2.45, 2.75) is 64.2 Å². The maximum atomic E-state index is 12.9. The van der Waals surface area contributed by atoms with Crippen molar-refractivity contribution in [1.29, 1.82) is 0 Å². The number of amides is 2. The Kier molecular flexibility index (Phi) is 5.63. The Morgan fingerprint density at radius 1 is 0.885 bits per heavy atom. The molecule has 1 aromatic heterocycles. The molecule has 5 heteroatoms. The average molecular weight is 375 g/mol. The summed E-state index contributed by atoms with van der Waals surface area (Å²) in [5, 5.41) is 0. The SMILES string of the molecule is O=C(c1cc2c(s1)CC[C@@H](C(=O)N1CCCCC1)C2)N1CCCCCC1. The molecular weight excluding hydrogens is 344 g/mol. The summed E-state index contributed by atoms with van der Waals surface area (Å²) >= 11 is 1.68. The second-order valence-electron chi connectivity index (χ2n) is 8.09. The molecule has 1 aromatic rings. The molecule has 26 heavy (non-hydrogen) atoms. The number of carbonyl (C=O) groups excluding carboxylic acids is 2. The van der Waals surface area contributed by atoms with Gasteiger partial charge in [-0.3, -0.25) is 9.59 Å². The van der Waals surface area contributed by atoms with E-state index in [4.69, 9.17) is 0 Å². The van der Waals surface area contributed by atoms with Crippen LogP contribution in [0.2, 0.25) is 0 Å². The average Bonchev–Trinajstić information content (AvgIpc) is 2.92. The third kappa shape index (κ3) is 3.83. The zero-order chi connectivity index (χ0) is 17.9. The predicted octanol–water partition coefficient (Wildman–Crippen LogP) is 3.88. The van der Waals surface area contributed by atoms with E-state index >= 15 is 0 Å². The lowest BCUT2D eigenvalue weighted by molar-refractivity contribution is -0.136. The summed E-state index contributed by atoms with van der Waals surface area (Å²) in [5.74, 6) is 0.684. The van der Waals surface area contributed by atoms with E-state index in [1.807, 2.05) is 4.90 Å². The van der Waals surface area contributed by atoms with Crippen LogP contribution in [0.3, 0.4) is 0 Å². The Hall–Kier alpha value is -1.36. The molecule has 1 aliphatic carbocycles. The van der Waals surface area contributed by atoms with E-state index in [1.54, 1.807) is 11.3 Å². The summed E-state index contributed by atoms with van der Waals surface area (Å²) in [6.45, 7) is 3.67. The smallest absolute Gasteiger partial charge is 0.263 e. The van der Waals surface area contributed by atoms with Crippen molar-refractivity contribution in [3.8, 4) is 0 Å². The molecule has 2 saturated heterocycles. The zero-order valence-corrected chi connectivity index (χ0v) is 16.5. The second kappa shape index (κ2) is 8.12. The lowest BCUT2D eigenvalue weighted by Gasteiger charge is -2.31. The number of likely N-dealkylation sites (tertiary alicyclic amines) is 2. The Morgan fingerprint density at radius 3 is 2.19 bits per heavy atom. The monoisotopic (exact) mass is 374 g/mol. The molecule has 4 nitrogen and oxygen atoms in total. The number of fused-ring (bicyclic) bond motifs is 1. The van der Waals surface area contributed by atoms with E-state index in [2.05, 4.69) is 11.0 Å². The number of piperidine rings is 1. The first-order valence-electron chi connectivity index (χ1n) is 10.4. The number of thiophene rings is 1. The molecule has 2 fully saturated rings. The third-order valence-corrected chi connectivity index (χ3v) is 7.43. The highest BCUT2D eigenvalue weighted by Crippen LogP contribution is 2.34. The van der Waals surface area contributed by atoms with Gasteiger partial charge >= 0.3 is 0 Å². The first-order chi connectivity index (χ1) is 12.7. The normalized spacial score (nSPS) is 24.1. The first kappa shape index (κ1) is 18.0. The summed E-state index contributed by atoms with van der Waals surface area (Å²) in [6.07, 6.45) is 11.0. The molecule has 0 bridgehead atoms. The number of hydrogen-bond acceptors (Lipinski definition) is 3. The third-order valence-electron chi connectivity index (χ3n) is 6.20. The summed E-state index contributed by atoms with van der Waals surface area (Å²) in [4.78, 5) is 32.1.